The van der Waals surface area contributed by atoms with E-state index in [1.54, 1.807) is 11.0 Å². The number of ether oxygens (including phenoxy) is 1. The first-order chi connectivity index (χ1) is 17.9. The molecule has 194 valence electrons. The van der Waals surface area contributed by atoms with Crippen molar-refractivity contribution in [3.63, 3.8) is 0 Å². The molecule has 2 fully saturated rings. The summed E-state index contributed by atoms with van der Waals surface area (Å²) in [6.07, 6.45) is 5.77. The largest absolute Gasteiger partial charge is 0.381 e. The van der Waals surface area contributed by atoms with Gasteiger partial charge in [0.1, 0.15) is 6.33 Å². The summed E-state index contributed by atoms with van der Waals surface area (Å²) in [7, 11) is 6.13. The number of hydrogen-bond donors (Lipinski definition) is 0. The normalized spacial score (nSPS) is 17.9. The van der Waals surface area contributed by atoms with Crippen molar-refractivity contribution in [3.8, 4) is 11.1 Å². The van der Waals surface area contributed by atoms with Gasteiger partial charge in [0, 0.05) is 50.3 Å². The summed E-state index contributed by atoms with van der Waals surface area (Å²) in [5.41, 5.74) is 6.00. The van der Waals surface area contributed by atoms with Gasteiger partial charge in [0.05, 0.1) is 21.7 Å². The summed E-state index contributed by atoms with van der Waals surface area (Å²) >= 11 is 6.85. The summed E-state index contributed by atoms with van der Waals surface area (Å²) in [4.78, 5) is 22.7. The molecule has 2 saturated heterocycles. The van der Waals surface area contributed by atoms with Crippen LogP contribution in [0.25, 0.3) is 27.5 Å². The minimum absolute atomic E-state index is 0.0528. The molecule has 0 radical (unpaired) electrons. The topological polar surface area (TPSA) is 55.0 Å². The van der Waals surface area contributed by atoms with Crippen LogP contribution in [0.1, 0.15) is 37.2 Å². The monoisotopic (exact) mass is 519 g/mol. The van der Waals surface area contributed by atoms with E-state index in [9.17, 15) is 4.79 Å². The lowest BCUT2D eigenvalue weighted by Gasteiger charge is -2.37. The number of anilines is 1. The molecule has 2 aliphatic heterocycles. The van der Waals surface area contributed by atoms with Crippen LogP contribution >= 0.6 is 11.6 Å². The summed E-state index contributed by atoms with van der Waals surface area (Å²) in [6, 6.07) is 13.3. The van der Waals surface area contributed by atoms with E-state index in [2.05, 4.69) is 59.2 Å². The molecule has 0 unspecified atom stereocenters. The average Bonchev–Trinajstić information content (AvgIpc) is 3.19. The molecular weight excluding hydrogens is 486 g/mol. The molecule has 8 heteroatoms. The van der Waals surface area contributed by atoms with Crippen molar-refractivity contribution < 1.29 is 4.74 Å². The van der Waals surface area contributed by atoms with Gasteiger partial charge < -0.3 is 14.5 Å². The number of aryl methyl sites for hydroxylation is 1. The van der Waals surface area contributed by atoms with Crippen LogP contribution in [0.2, 0.25) is 5.02 Å². The van der Waals surface area contributed by atoms with Crippen LogP contribution < -0.4 is 10.5 Å². The highest BCUT2D eigenvalue weighted by molar-refractivity contribution is 6.33. The van der Waals surface area contributed by atoms with Crippen molar-refractivity contribution in [1.82, 2.24) is 19.1 Å². The fraction of sp³-hybridized carbons (Fsp3) is 0.448. The molecule has 4 heterocycles. The van der Waals surface area contributed by atoms with E-state index in [0.29, 0.717) is 19.3 Å². The number of aromatic nitrogens is 3. The number of hydrogen-bond acceptors (Lipinski definition) is 5. The standard InChI is InChI=1S/C29H34ClN5O2/c1-32(2)22-8-12-34(13-9-22)26-7-5-21(17-24(26)30)20-4-6-25-23(16-20)28-27(19-10-14-37-15-11-19)29(36)33(3)35(28)18-31-25/h4-7,16-19,22H,8-15H2,1-3H3. The van der Waals surface area contributed by atoms with Gasteiger partial charge in [-0.3, -0.25) is 4.79 Å². The number of fused-ring (bicyclic) bond motifs is 3. The van der Waals surface area contributed by atoms with Gasteiger partial charge in [-0.15, -0.1) is 0 Å². The van der Waals surface area contributed by atoms with Crippen molar-refractivity contribution in [2.24, 2.45) is 7.05 Å². The number of benzene rings is 2. The van der Waals surface area contributed by atoms with E-state index in [1.165, 1.54) is 0 Å². The third kappa shape index (κ3) is 4.33. The molecule has 0 N–H and O–H groups in total. The Morgan fingerprint density at radius 1 is 1.00 bits per heavy atom. The lowest BCUT2D eigenvalue weighted by atomic mass is 9.91. The van der Waals surface area contributed by atoms with Crippen LogP contribution in [0, 0.1) is 0 Å². The fourth-order valence-electron chi connectivity index (χ4n) is 6.11. The van der Waals surface area contributed by atoms with Gasteiger partial charge >= 0.3 is 0 Å². The van der Waals surface area contributed by atoms with Crippen LogP contribution in [0.15, 0.2) is 47.5 Å². The molecule has 2 aromatic carbocycles. The first-order valence-corrected chi connectivity index (χ1v) is 13.6. The average molecular weight is 520 g/mol. The summed E-state index contributed by atoms with van der Waals surface area (Å²) in [6.45, 7) is 3.41. The summed E-state index contributed by atoms with van der Waals surface area (Å²) in [5.74, 6) is 0.192. The lowest BCUT2D eigenvalue weighted by molar-refractivity contribution is 0.0854. The molecule has 0 bridgehead atoms. The third-order valence-corrected chi connectivity index (χ3v) is 8.64. The third-order valence-electron chi connectivity index (χ3n) is 8.34. The zero-order valence-electron chi connectivity index (χ0n) is 21.8. The Morgan fingerprint density at radius 2 is 1.70 bits per heavy atom. The van der Waals surface area contributed by atoms with Crippen molar-refractivity contribution in [2.45, 2.75) is 37.6 Å². The predicted octanol–water partition coefficient (Wildman–Crippen LogP) is 4.93. The molecule has 2 aliphatic rings. The molecule has 0 amide bonds. The quantitative estimate of drug-likeness (QED) is 0.382. The van der Waals surface area contributed by atoms with E-state index in [1.807, 2.05) is 17.6 Å². The first-order valence-electron chi connectivity index (χ1n) is 13.2. The summed E-state index contributed by atoms with van der Waals surface area (Å²) < 4.78 is 9.15. The van der Waals surface area contributed by atoms with Crippen LogP contribution in [-0.2, 0) is 11.8 Å². The molecule has 37 heavy (non-hydrogen) atoms. The molecule has 2 aromatic heterocycles. The van der Waals surface area contributed by atoms with E-state index < -0.39 is 0 Å². The Balaban J connectivity index is 1.39. The Morgan fingerprint density at radius 3 is 2.41 bits per heavy atom. The summed E-state index contributed by atoms with van der Waals surface area (Å²) in [5, 5.41) is 1.77. The Hall–Kier alpha value is -2.87. The molecule has 4 aromatic rings. The van der Waals surface area contributed by atoms with Crippen molar-refractivity contribution in [1.29, 1.82) is 0 Å². The van der Waals surface area contributed by atoms with E-state index >= 15 is 0 Å². The maximum absolute atomic E-state index is 13.3. The molecule has 6 rings (SSSR count). The van der Waals surface area contributed by atoms with Gasteiger partial charge in [0.15, 0.2) is 0 Å². The van der Waals surface area contributed by atoms with Crippen LogP contribution in [0.3, 0.4) is 0 Å². The lowest BCUT2D eigenvalue weighted by Crippen LogP contribution is -2.42. The molecule has 0 aliphatic carbocycles. The van der Waals surface area contributed by atoms with Gasteiger partial charge in [-0.25, -0.2) is 14.2 Å². The second-order valence-electron chi connectivity index (χ2n) is 10.6. The maximum Gasteiger partial charge on any atom is 0.270 e. The zero-order valence-corrected chi connectivity index (χ0v) is 22.5. The highest BCUT2D eigenvalue weighted by Gasteiger charge is 2.26. The SMILES string of the molecule is CN(C)C1CCN(c2ccc(-c3ccc4ncn5c(c(C6CCOCC6)c(=O)n5C)c4c3)cc2Cl)CC1. The minimum atomic E-state index is 0.0528. The molecular formula is C29H34ClN5O2. The number of halogens is 1. The molecule has 0 spiro atoms. The highest BCUT2D eigenvalue weighted by atomic mass is 35.5. The number of rotatable bonds is 4. The smallest absolute Gasteiger partial charge is 0.270 e. The van der Waals surface area contributed by atoms with Gasteiger partial charge in [0.2, 0.25) is 0 Å². The van der Waals surface area contributed by atoms with Crippen LogP contribution in [0.4, 0.5) is 5.69 Å². The van der Waals surface area contributed by atoms with Gasteiger partial charge in [-0.1, -0.05) is 23.7 Å². The van der Waals surface area contributed by atoms with Crippen molar-refractivity contribution in [2.75, 3.05) is 45.3 Å². The number of piperidine rings is 1. The van der Waals surface area contributed by atoms with Gasteiger partial charge in [-0.05, 0) is 81.1 Å². The van der Waals surface area contributed by atoms with Crippen LogP contribution in [0.5, 0.6) is 0 Å². The zero-order chi connectivity index (χ0) is 25.7. The van der Waals surface area contributed by atoms with Gasteiger partial charge in [-0.2, -0.15) is 0 Å². The maximum atomic E-state index is 13.3. The van der Waals surface area contributed by atoms with Crippen molar-refractivity contribution >= 4 is 33.7 Å². The van der Waals surface area contributed by atoms with E-state index in [4.69, 9.17) is 16.3 Å². The molecule has 7 nitrogen and oxygen atoms in total. The van der Waals surface area contributed by atoms with E-state index in [-0.39, 0.29) is 11.5 Å². The second-order valence-corrected chi connectivity index (χ2v) is 11.1. The van der Waals surface area contributed by atoms with E-state index in [0.717, 1.165) is 82.6 Å². The Labute approximate surface area is 222 Å². The molecule has 0 atom stereocenters. The Bertz CT molecular complexity index is 1510. The van der Waals surface area contributed by atoms with Crippen molar-refractivity contribution in [3.05, 3.63) is 63.7 Å². The Kier molecular flexibility index (Phi) is 6.47. The number of nitrogens with zero attached hydrogens (tertiary/aromatic N) is 5. The van der Waals surface area contributed by atoms with Gasteiger partial charge in [0.25, 0.3) is 5.56 Å². The predicted molar refractivity (Wildman–Crippen MR) is 150 cm³/mol. The second kappa shape index (κ2) is 9.78. The first kappa shape index (κ1) is 24.5. The van der Waals surface area contributed by atoms with Crippen LogP contribution in [-0.4, -0.2) is 65.5 Å². The highest BCUT2D eigenvalue weighted by Crippen LogP contribution is 2.36. The minimum Gasteiger partial charge on any atom is -0.381 e. The molecule has 0 saturated carbocycles. The fourth-order valence-corrected chi connectivity index (χ4v) is 6.41.